The summed E-state index contributed by atoms with van der Waals surface area (Å²) in [5.74, 6) is 1.01. The van der Waals surface area contributed by atoms with Gasteiger partial charge < -0.3 is 20.3 Å². The second-order valence-electron chi connectivity index (χ2n) is 5.11. The molecule has 2 heterocycles. The molecular weight excluding hydrogens is 260 g/mol. The first-order valence-corrected chi connectivity index (χ1v) is 6.82. The van der Waals surface area contributed by atoms with E-state index in [2.05, 4.69) is 15.4 Å². The van der Waals surface area contributed by atoms with Gasteiger partial charge in [0.15, 0.2) is 5.82 Å². The van der Waals surface area contributed by atoms with Gasteiger partial charge in [0.2, 0.25) is 5.91 Å². The number of rotatable bonds is 5. The van der Waals surface area contributed by atoms with Gasteiger partial charge in [-0.2, -0.15) is 0 Å². The second-order valence-corrected chi connectivity index (χ2v) is 5.11. The molecule has 3 N–H and O–H groups in total. The smallest absolute Gasteiger partial charge is 0.239 e. The molecule has 7 heteroatoms. The zero-order valence-corrected chi connectivity index (χ0v) is 12.0. The molecule has 0 radical (unpaired) electrons. The number of amides is 1. The molecule has 7 nitrogen and oxygen atoms in total. The number of hydrogen-bond donors (Lipinski definition) is 2. The van der Waals surface area contributed by atoms with Crippen LogP contribution in [0.25, 0.3) is 0 Å². The molecule has 112 valence electrons. The Kier molecular flexibility index (Phi) is 5.11. The number of nitrogens with zero attached hydrogens (tertiary/aromatic N) is 2. The van der Waals surface area contributed by atoms with Crippen LogP contribution in [0.1, 0.15) is 18.6 Å². The van der Waals surface area contributed by atoms with Crippen molar-refractivity contribution in [2.45, 2.75) is 31.9 Å². The molecule has 0 spiro atoms. The standard InChI is InChI=1S/C13H22N4O3/c1-9-5-12(16-20-9)15-13(18)8-17-4-3-11(19-2)6-10(17)7-14/h5,10-11H,3-4,6-8,14H2,1-2H3,(H,15,16,18). The van der Waals surface area contributed by atoms with Gasteiger partial charge in [-0.25, -0.2) is 0 Å². The van der Waals surface area contributed by atoms with Crippen molar-refractivity contribution in [3.8, 4) is 0 Å². The van der Waals surface area contributed by atoms with Crippen LogP contribution in [0.5, 0.6) is 0 Å². The summed E-state index contributed by atoms with van der Waals surface area (Å²) in [6, 6.07) is 1.87. The Bertz CT molecular complexity index is 449. The molecule has 0 aromatic carbocycles. The van der Waals surface area contributed by atoms with E-state index in [9.17, 15) is 4.79 Å². The molecule has 1 saturated heterocycles. The number of hydrogen-bond acceptors (Lipinski definition) is 6. The molecular formula is C13H22N4O3. The summed E-state index contributed by atoms with van der Waals surface area (Å²) in [7, 11) is 1.72. The van der Waals surface area contributed by atoms with Crippen LogP contribution < -0.4 is 11.1 Å². The molecule has 1 aliphatic rings. The Balaban J connectivity index is 1.86. The summed E-state index contributed by atoms with van der Waals surface area (Å²) in [6.07, 6.45) is 2.02. The topological polar surface area (TPSA) is 93.6 Å². The first-order chi connectivity index (χ1) is 9.62. The van der Waals surface area contributed by atoms with E-state index in [4.69, 9.17) is 15.0 Å². The first-order valence-electron chi connectivity index (χ1n) is 6.82. The maximum atomic E-state index is 12.0. The Morgan fingerprint density at radius 1 is 1.70 bits per heavy atom. The van der Waals surface area contributed by atoms with Crippen molar-refractivity contribution in [2.24, 2.45) is 5.73 Å². The van der Waals surface area contributed by atoms with E-state index >= 15 is 0 Å². The Morgan fingerprint density at radius 3 is 3.10 bits per heavy atom. The van der Waals surface area contributed by atoms with E-state index in [0.29, 0.717) is 24.7 Å². The number of piperidine rings is 1. The summed E-state index contributed by atoms with van der Waals surface area (Å²) >= 11 is 0. The third kappa shape index (κ3) is 3.78. The lowest BCUT2D eigenvalue weighted by Crippen LogP contribution is -2.50. The predicted molar refractivity (Wildman–Crippen MR) is 74.3 cm³/mol. The second kappa shape index (κ2) is 6.83. The number of carbonyl (C=O) groups excluding carboxylic acids is 1. The number of carbonyl (C=O) groups is 1. The summed E-state index contributed by atoms with van der Waals surface area (Å²) in [5.41, 5.74) is 5.79. The van der Waals surface area contributed by atoms with E-state index in [1.165, 1.54) is 0 Å². The fourth-order valence-electron chi connectivity index (χ4n) is 2.52. The van der Waals surface area contributed by atoms with E-state index in [1.807, 2.05) is 0 Å². The Morgan fingerprint density at radius 2 is 2.50 bits per heavy atom. The molecule has 1 aromatic heterocycles. The minimum absolute atomic E-state index is 0.104. The highest BCUT2D eigenvalue weighted by atomic mass is 16.5. The number of anilines is 1. The molecule has 1 aliphatic heterocycles. The molecule has 1 amide bonds. The van der Waals surface area contributed by atoms with Crippen LogP contribution in [-0.2, 0) is 9.53 Å². The monoisotopic (exact) mass is 282 g/mol. The van der Waals surface area contributed by atoms with Gasteiger partial charge in [0, 0.05) is 32.3 Å². The summed E-state index contributed by atoms with van der Waals surface area (Å²) < 4.78 is 10.3. The van der Waals surface area contributed by atoms with Crippen LogP contribution in [0, 0.1) is 6.92 Å². The van der Waals surface area contributed by atoms with Crippen molar-refractivity contribution < 1.29 is 14.1 Å². The molecule has 0 aliphatic carbocycles. The lowest BCUT2D eigenvalue weighted by Gasteiger charge is -2.37. The zero-order valence-electron chi connectivity index (χ0n) is 12.0. The summed E-state index contributed by atoms with van der Waals surface area (Å²) in [4.78, 5) is 14.1. The summed E-state index contributed by atoms with van der Waals surface area (Å²) in [5, 5.41) is 6.47. The Labute approximate surface area is 118 Å². The van der Waals surface area contributed by atoms with E-state index in [-0.39, 0.29) is 18.1 Å². The lowest BCUT2D eigenvalue weighted by atomic mass is 9.99. The van der Waals surface area contributed by atoms with Gasteiger partial charge in [0.1, 0.15) is 5.76 Å². The quantitative estimate of drug-likeness (QED) is 0.810. The van der Waals surface area contributed by atoms with Crippen molar-refractivity contribution in [3.05, 3.63) is 11.8 Å². The largest absolute Gasteiger partial charge is 0.381 e. The van der Waals surface area contributed by atoms with Gasteiger partial charge in [0.05, 0.1) is 12.6 Å². The van der Waals surface area contributed by atoms with Gasteiger partial charge >= 0.3 is 0 Å². The molecule has 2 unspecified atom stereocenters. The fourth-order valence-corrected chi connectivity index (χ4v) is 2.52. The average molecular weight is 282 g/mol. The average Bonchev–Trinajstić information content (AvgIpc) is 2.84. The molecule has 0 saturated carbocycles. The number of aromatic nitrogens is 1. The number of nitrogens with one attached hydrogen (secondary N) is 1. The van der Waals surface area contributed by atoms with E-state index < -0.39 is 0 Å². The number of aryl methyl sites for hydroxylation is 1. The van der Waals surface area contributed by atoms with Crippen LogP contribution in [0.2, 0.25) is 0 Å². The van der Waals surface area contributed by atoms with Gasteiger partial charge in [-0.1, -0.05) is 5.16 Å². The molecule has 2 atom stereocenters. The van der Waals surface area contributed by atoms with Gasteiger partial charge in [-0.05, 0) is 19.8 Å². The molecule has 1 fully saturated rings. The SMILES string of the molecule is COC1CCN(CC(=O)Nc2cc(C)on2)C(CN)C1. The summed E-state index contributed by atoms with van der Waals surface area (Å²) in [6.45, 7) is 3.43. The van der Waals surface area contributed by atoms with Gasteiger partial charge in [-0.15, -0.1) is 0 Å². The third-order valence-electron chi connectivity index (χ3n) is 3.64. The van der Waals surface area contributed by atoms with E-state index in [1.54, 1.807) is 20.1 Å². The molecule has 20 heavy (non-hydrogen) atoms. The van der Waals surface area contributed by atoms with Crippen molar-refractivity contribution in [1.29, 1.82) is 0 Å². The number of nitrogens with two attached hydrogens (primary N) is 1. The van der Waals surface area contributed by atoms with Crippen LogP contribution in [0.15, 0.2) is 10.6 Å². The van der Waals surface area contributed by atoms with Gasteiger partial charge in [0.25, 0.3) is 0 Å². The van der Waals surface area contributed by atoms with Crippen LogP contribution in [-0.4, -0.2) is 54.9 Å². The Hall–Kier alpha value is -1.44. The fraction of sp³-hybridized carbons (Fsp3) is 0.692. The van der Waals surface area contributed by atoms with Crippen molar-refractivity contribution in [1.82, 2.24) is 10.1 Å². The van der Waals surface area contributed by atoms with Crippen LogP contribution in [0.3, 0.4) is 0 Å². The maximum Gasteiger partial charge on any atom is 0.239 e. The third-order valence-corrected chi connectivity index (χ3v) is 3.64. The maximum absolute atomic E-state index is 12.0. The van der Waals surface area contributed by atoms with Gasteiger partial charge in [-0.3, -0.25) is 9.69 Å². The lowest BCUT2D eigenvalue weighted by molar-refractivity contribution is -0.118. The zero-order chi connectivity index (χ0) is 14.5. The highest BCUT2D eigenvalue weighted by Gasteiger charge is 2.28. The van der Waals surface area contributed by atoms with E-state index in [0.717, 1.165) is 19.4 Å². The number of methoxy groups -OCH3 is 1. The van der Waals surface area contributed by atoms with Crippen molar-refractivity contribution in [2.75, 3.05) is 32.1 Å². The first kappa shape index (κ1) is 15.0. The minimum Gasteiger partial charge on any atom is -0.381 e. The van der Waals surface area contributed by atoms with Crippen molar-refractivity contribution >= 4 is 11.7 Å². The minimum atomic E-state index is -0.104. The number of ether oxygens (including phenoxy) is 1. The highest BCUT2D eigenvalue weighted by Crippen LogP contribution is 2.19. The predicted octanol–water partition coefficient (Wildman–Crippen LogP) is 0.360. The van der Waals surface area contributed by atoms with Crippen molar-refractivity contribution in [3.63, 3.8) is 0 Å². The number of likely N-dealkylation sites (tertiary alicyclic amines) is 1. The molecule has 2 rings (SSSR count). The van der Waals surface area contributed by atoms with Crippen LogP contribution in [0.4, 0.5) is 5.82 Å². The molecule has 0 bridgehead atoms. The normalized spacial score (nSPS) is 23.8. The highest BCUT2D eigenvalue weighted by molar-refractivity contribution is 5.91. The molecule has 1 aromatic rings. The van der Waals surface area contributed by atoms with Crippen LogP contribution >= 0.6 is 0 Å².